The number of allylic oxidation sites excluding steroid dienone is 1. The average molecular weight is 319 g/mol. The van der Waals surface area contributed by atoms with E-state index < -0.39 is 0 Å². The van der Waals surface area contributed by atoms with Crippen molar-refractivity contribution in [2.75, 3.05) is 32.7 Å². The molecule has 3 rings (SSSR count). The summed E-state index contributed by atoms with van der Waals surface area (Å²) in [5, 5.41) is 3.05. The molecule has 3 aliphatic rings. The maximum Gasteiger partial charge on any atom is 0.317 e. The minimum atomic E-state index is 0.0298. The first-order valence-electron chi connectivity index (χ1n) is 9.23. The van der Waals surface area contributed by atoms with Crippen molar-refractivity contribution in [2.24, 2.45) is 5.92 Å². The molecule has 0 unspecified atom stereocenters. The normalized spacial score (nSPS) is 22.3. The Morgan fingerprint density at radius 1 is 1.04 bits per heavy atom. The lowest BCUT2D eigenvalue weighted by molar-refractivity contribution is -0.132. The molecular weight excluding hydrogens is 290 g/mol. The Bertz CT molecular complexity index is 471. The van der Waals surface area contributed by atoms with Gasteiger partial charge in [-0.05, 0) is 51.4 Å². The summed E-state index contributed by atoms with van der Waals surface area (Å²) in [4.78, 5) is 28.3. The Balaban J connectivity index is 1.39. The van der Waals surface area contributed by atoms with Gasteiger partial charge in [-0.2, -0.15) is 0 Å². The highest BCUT2D eigenvalue weighted by Gasteiger charge is 2.34. The molecule has 1 aliphatic heterocycles. The second-order valence-electron chi connectivity index (χ2n) is 7.03. The van der Waals surface area contributed by atoms with E-state index in [1.54, 1.807) is 0 Å². The molecule has 0 spiro atoms. The Morgan fingerprint density at radius 2 is 1.83 bits per heavy atom. The molecule has 23 heavy (non-hydrogen) atoms. The minimum Gasteiger partial charge on any atom is -0.341 e. The van der Waals surface area contributed by atoms with E-state index in [0.29, 0.717) is 19.0 Å². The second kappa shape index (κ2) is 7.84. The van der Waals surface area contributed by atoms with Gasteiger partial charge in [0, 0.05) is 38.6 Å². The first-order chi connectivity index (χ1) is 11.2. The van der Waals surface area contributed by atoms with Gasteiger partial charge in [0.2, 0.25) is 5.91 Å². The third-order valence-corrected chi connectivity index (χ3v) is 5.13. The summed E-state index contributed by atoms with van der Waals surface area (Å²) in [5.74, 6) is 0.579. The maximum absolute atomic E-state index is 12.3. The van der Waals surface area contributed by atoms with Crippen LogP contribution in [-0.4, -0.2) is 54.5 Å². The number of carbonyl (C=O) groups is 2. The lowest BCUT2D eigenvalue weighted by Crippen LogP contribution is -2.43. The number of hydrogen-bond acceptors (Lipinski definition) is 2. The molecule has 1 saturated carbocycles. The van der Waals surface area contributed by atoms with Crippen LogP contribution in [0.5, 0.6) is 0 Å². The van der Waals surface area contributed by atoms with Crippen molar-refractivity contribution in [3.05, 3.63) is 11.6 Å². The van der Waals surface area contributed by atoms with Gasteiger partial charge < -0.3 is 15.1 Å². The number of hydrogen-bond donors (Lipinski definition) is 1. The topological polar surface area (TPSA) is 52.7 Å². The quantitative estimate of drug-likeness (QED) is 0.810. The van der Waals surface area contributed by atoms with Crippen LogP contribution in [0.15, 0.2) is 11.6 Å². The summed E-state index contributed by atoms with van der Waals surface area (Å²) in [7, 11) is 0. The van der Waals surface area contributed by atoms with Crippen LogP contribution in [0.3, 0.4) is 0 Å². The van der Waals surface area contributed by atoms with Crippen LogP contribution in [0.2, 0.25) is 0 Å². The average Bonchev–Trinajstić information content (AvgIpc) is 3.41. The van der Waals surface area contributed by atoms with Gasteiger partial charge in [0.1, 0.15) is 0 Å². The van der Waals surface area contributed by atoms with E-state index in [1.165, 1.54) is 31.3 Å². The maximum atomic E-state index is 12.3. The van der Waals surface area contributed by atoms with Crippen LogP contribution in [0.1, 0.15) is 51.4 Å². The third kappa shape index (κ3) is 4.72. The molecule has 0 atom stereocenters. The second-order valence-corrected chi connectivity index (χ2v) is 7.03. The van der Waals surface area contributed by atoms with E-state index in [2.05, 4.69) is 11.4 Å². The largest absolute Gasteiger partial charge is 0.341 e. The highest BCUT2D eigenvalue weighted by molar-refractivity contribution is 5.81. The van der Waals surface area contributed by atoms with Gasteiger partial charge in [0.15, 0.2) is 0 Å². The molecule has 0 radical (unpaired) electrons. The zero-order valence-electron chi connectivity index (χ0n) is 14.1. The molecule has 0 aromatic carbocycles. The summed E-state index contributed by atoms with van der Waals surface area (Å²) < 4.78 is 0. The van der Waals surface area contributed by atoms with Gasteiger partial charge in [-0.15, -0.1) is 0 Å². The zero-order valence-corrected chi connectivity index (χ0v) is 14.1. The Labute approximate surface area is 139 Å². The summed E-state index contributed by atoms with van der Waals surface area (Å²) in [6.07, 6.45) is 11.3. The molecule has 5 nitrogen and oxygen atoms in total. The SMILES string of the molecule is O=C(NCCC1=CCCCC1)N1CCCN(C(=O)C2CC2)CC1. The molecule has 1 heterocycles. The molecule has 5 heteroatoms. The Hall–Kier alpha value is -1.52. The minimum absolute atomic E-state index is 0.0298. The Kier molecular flexibility index (Phi) is 5.57. The highest BCUT2D eigenvalue weighted by atomic mass is 16.2. The summed E-state index contributed by atoms with van der Waals surface area (Å²) in [5.41, 5.74) is 1.49. The van der Waals surface area contributed by atoms with Gasteiger partial charge in [-0.3, -0.25) is 4.79 Å². The fourth-order valence-electron chi connectivity index (χ4n) is 3.50. The van der Waals surface area contributed by atoms with Crippen molar-refractivity contribution in [2.45, 2.75) is 51.4 Å². The van der Waals surface area contributed by atoms with E-state index in [9.17, 15) is 9.59 Å². The van der Waals surface area contributed by atoms with Crippen molar-refractivity contribution in [1.29, 1.82) is 0 Å². The molecule has 1 N–H and O–H groups in total. The monoisotopic (exact) mass is 319 g/mol. The first kappa shape index (κ1) is 16.3. The highest BCUT2D eigenvalue weighted by Crippen LogP contribution is 2.31. The van der Waals surface area contributed by atoms with Crippen LogP contribution >= 0.6 is 0 Å². The van der Waals surface area contributed by atoms with Crippen LogP contribution in [0, 0.1) is 5.92 Å². The van der Waals surface area contributed by atoms with Crippen LogP contribution < -0.4 is 5.32 Å². The summed E-state index contributed by atoms with van der Waals surface area (Å²) in [6, 6.07) is 0.0298. The number of rotatable bonds is 4. The van der Waals surface area contributed by atoms with E-state index in [0.717, 1.165) is 45.3 Å². The number of nitrogens with one attached hydrogen (secondary N) is 1. The lowest BCUT2D eigenvalue weighted by Gasteiger charge is -2.22. The molecule has 1 saturated heterocycles. The molecule has 0 aromatic heterocycles. The van der Waals surface area contributed by atoms with Crippen molar-refractivity contribution in [3.8, 4) is 0 Å². The van der Waals surface area contributed by atoms with Gasteiger partial charge in [0.05, 0.1) is 0 Å². The molecule has 0 aromatic rings. The number of nitrogens with zero attached hydrogens (tertiary/aromatic N) is 2. The molecule has 2 fully saturated rings. The van der Waals surface area contributed by atoms with Crippen molar-refractivity contribution in [1.82, 2.24) is 15.1 Å². The molecule has 0 bridgehead atoms. The van der Waals surface area contributed by atoms with Crippen LogP contribution in [0.25, 0.3) is 0 Å². The molecular formula is C18H29N3O2. The van der Waals surface area contributed by atoms with Crippen LogP contribution in [0.4, 0.5) is 4.79 Å². The molecule has 2 aliphatic carbocycles. The van der Waals surface area contributed by atoms with E-state index >= 15 is 0 Å². The summed E-state index contributed by atoms with van der Waals surface area (Å²) >= 11 is 0. The molecule has 3 amide bonds. The van der Waals surface area contributed by atoms with Crippen molar-refractivity contribution < 1.29 is 9.59 Å². The van der Waals surface area contributed by atoms with Gasteiger partial charge in [-0.25, -0.2) is 4.79 Å². The lowest BCUT2D eigenvalue weighted by atomic mass is 9.97. The zero-order chi connectivity index (χ0) is 16.1. The standard InChI is InChI=1S/C18H29N3O2/c22-17(16-7-8-16)20-11-4-12-21(14-13-20)18(23)19-10-9-15-5-2-1-3-6-15/h5,16H,1-4,6-14H2,(H,19,23). The number of amides is 3. The predicted octanol–water partition coefficient (Wildman–Crippen LogP) is 2.53. The van der Waals surface area contributed by atoms with Crippen molar-refractivity contribution >= 4 is 11.9 Å². The fraction of sp³-hybridized carbons (Fsp3) is 0.778. The van der Waals surface area contributed by atoms with E-state index in [-0.39, 0.29) is 11.9 Å². The first-order valence-corrected chi connectivity index (χ1v) is 9.23. The smallest absolute Gasteiger partial charge is 0.317 e. The third-order valence-electron chi connectivity index (χ3n) is 5.13. The van der Waals surface area contributed by atoms with Crippen LogP contribution in [-0.2, 0) is 4.79 Å². The van der Waals surface area contributed by atoms with E-state index in [1.807, 2.05) is 9.80 Å². The number of urea groups is 1. The summed E-state index contributed by atoms with van der Waals surface area (Å²) in [6.45, 7) is 3.63. The Morgan fingerprint density at radius 3 is 2.57 bits per heavy atom. The number of carbonyl (C=O) groups excluding carboxylic acids is 2. The molecule has 128 valence electrons. The predicted molar refractivity (Wildman–Crippen MR) is 90.1 cm³/mol. The van der Waals surface area contributed by atoms with Gasteiger partial charge >= 0.3 is 6.03 Å². The van der Waals surface area contributed by atoms with Gasteiger partial charge in [0.25, 0.3) is 0 Å². The van der Waals surface area contributed by atoms with Gasteiger partial charge in [-0.1, -0.05) is 11.6 Å². The van der Waals surface area contributed by atoms with E-state index in [4.69, 9.17) is 0 Å². The fourth-order valence-corrected chi connectivity index (χ4v) is 3.50. The van der Waals surface area contributed by atoms with Crippen molar-refractivity contribution in [3.63, 3.8) is 0 Å².